The van der Waals surface area contributed by atoms with Crippen molar-refractivity contribution < 1.29 is 0 Å². The van der Waals surface area contributed by atoms with E-state index in [2.05, 4.69) is 313 Å². The van der Waals surface area contributed by atoms with Crippen LogP contribution in [0.15, 0.2) is 322 Å². The highest BCUT2D eigenvalue weighted by molar-refractivity contribution is 7.00. The number of fused-ring (bicyclic) bond motifs is 10. The normalized spacial score (nSPS) is 13.1. The van der Waals surface area contributed by atoms with E-state index in [0.717, 1.165) is 95.4 Å². The summed E-state index contributed by atoms with van der Waals surface area (Å²) in [5, 5.41) is 2.35. The van der Waals surface area contributed by atoms with Crippen molar-refractivity contribution >= 4 is 79.0 Å². The van der Waals surface area contributed by atoms with Crippen LogP contribution in [0.25, 0.3) is 118 Å². The van der Waals surface area contributed by atoms with E-state index in [1.807, 2.05) is 36.4 Å². The van der Waals surface area contributed by atoms with Gasteiger partial charge in [-0.1, -0.05) is 238 Å². The highest BCUT2D eigenvalue weighted by Crippen LogP contribution is 2.52. The van der Waals surface area contributed by atoms with Crippen LogP contribution in [0.1, 0.15) is 25.0 Å². The molecule has 0 fully saturated rings. The molecule has 0 unspecified atom stereocenters. The fourth-order valence-electron chi connectivity index (χ4n) is 15.5. The Morgan fingerprint density at radius 1 is 0.278 bits per heavy atom. The molecular weight excluding hydrogens is 1180 g/mol. The lowest BCUT2D eigenvalue weighted by atomic mass is 9.33. The van der Waals surface area contributed by atoms with Gasteiger partial charge in [0.05, 0.1) is 28.1 Å². The smallest absolute Gasteiger partial charge is 0.252 e. The van der Waals surface area contributed by atoms with E-state index < -0.39 is 0 Å². The topological polar surface area (TPSA) is 75.9 Å². The fraction of sp³-hybridized carbons (Fsp3) is 0.0341. The fourth-order valence-corrected chi connectivity index (χ4v) is 15.5. The maximum atomic E-state index is 5.76. The van der Waals surface area contributed by atoms with E-state index in [9.17, 15) is 0 Å². The Morgan fingerprint density at radius 3 is 1.47 bits per heavy atom. The van der Waals surface area contributed by atoms with Gasteiger partial charge in [-0.3, -0.25) is 0 Å². The highest BCUT2D eigenvalue weighted by Gasteiger charge is 2.43. The van der Waals surface area contributed by atoms with Gasteiger partial charge in [-0.15, -0.1) is 0 Å². The van der Waals surface area contributed by atoms with E-state index in [-0.39, 0.29) is 12.1 Å². The van der Waals surface area contributed by atoms with Gasteiger partial charge in [0.25, 0.3) is 6.71 Å². The summed E-state index contributed by atoms with van der Waals surface area (Å²) in [7, 11) is 0. The van der Waals surface area contributed by atoms with Gasteiger partial charge >= 0.3 is 0 Å². The summed E-state index contributed by atoms with van der Waals surface area (Å²) in [5.74, 6) is 2.32. The van der Waals surface area contributed by atoms with Gasteiger partial charge in [-0.05, 0) is 147 Å². The molecule has 97 heavy (non-hydrogen) atoms. The lowest BCUT2D eigenvalue weighted by Gasteiger charge is -2.44. The van der Waals surface area contributed by atoms with Crippen LogP contribution in [0.2, 0.25) is 0 Å². The number of anilines is 6. The van der Waals surface area contributed by atoms with Crippen molar-refractivity contribution in [1.82, 2.24) is 29.5 Å². The van der Waals surface area contributed by atoms with Crippen LogP contribution >= 0.6 is 0 Å². The van der Waals surface area contributed by atoms with E-state index in [1.54, 1.807) is 0 Å². The van der Waals surface area contributed by atoms with E-state index >= 15 is 0 Å². The molecular formula is C88H59BN8. The zero-order chi connectivity index (χ0) is 64.3. The van der Waals surface area contributed by atoms with Crippen LogP contribution in [0, 0.1) is 0 Å². The second-order valence-electron chi connectivity index (χ2n) is 25.9. The summed E-state index contributed by atoms with van der Waals surface area (Å²) >= 11 is 0. The Balaban J connectivity index is 0.794. The van der Waals surface area contributed by atoms with Gasteiger partial charge < -0.3 is 14.4 Å². The van der Waals surface area contributed by atoms with Gasteiger partial charge in [0.1, 0.15) is 0 Å². The quantitative estimate of drug-likeness (QED) is 0.126. The Kier molecular flexibility index (Phi) is 12.9. The van der Waals surface area contributed by atoms with Crippen LogP contribution in [0.5, 0.6) is 0 Å². The van der Waals surface area contributed by atoms with Crippen molar-refractivity contribution in [1.29, 1.82) is 0 Å². The highest BCUT2D eigenvalue weighted by atomic mass is 15.2. The molecule has 19 rings (SSSR count). The van der Waals surface area contributed by atoms with Crippen LogP contribution in [0.4, 0.5) is 34.1 Å². The number of benzene rings is 13. The first-order valence-corrected chi connectivity index (χ1v) is 33.2. The molecule has 16 aromatic rings. The van der Waals surface area contributed by atoms with Crippen LogP contribution in [-0.4, -0.2) is 36.2 Å². The van der Waals surface area contributed by atoms with Crippen LogP contribution in [-0.2, 0) is 5.41 Å². The molecule has 0 radical (unpaired) electrons. The first kappa shape index (κ1) is 56.0. The number of nitrogens with zero attached hydrogens (tertiary/aromatic N) is 8. The standard InChI is InChI=1S/C88H59BN8/c1-88(2)70-40-17-15-38-65(70)67-53-68-66-39-16-20-43-76(66)97(82(68)54-71(67)88)77-49-48-62(87-93-84(57-28-9-4-10-29-57)92-85(94-87)58-30-11-5-12-31-58)52-69(77)75-55-74(56-26-7-3-8-27-56)90-86(91-75)61-34-23-32-59(50-61)60-33-24-37-64(51-60)96-79-45-22-19-42-73(79)89-72-41-18-21-44-78(72)95(63-35-13-6-14-36-63)80-46-25-47-81(96)83(80)89/h3-55H,1-2H3. The molecule has 8 nitrogen and oxygen atoms in total. The second-order valence-corrected chi connectivity index (χ2v) is 25.9. The maximum absolute atomic E-state index is 5.76. The second kappa shape index (κ2) is 22.3. The summed E-state index contributed by atoms with van der Waals surface area (Å²) in [4.78, 5) is 31.9. The van der Waals surface area contributed by atoms with Crippen LogP contribution in [0.3, 0.4) is 0 Å². The van der Waals surface area contributed by atoms with Gasteiger partial charge in [-0.2, -0.15) is 0 Å². The van der Waals surface area contributed by atoms with Crippen molar-refractivity contribution in [2.75, 3.05) is 9.80 Å². The molecule has 0 saturated heterocycles. The van der Waals surface area contributed by atoms with Gasteiger partial charge in [0.15, 0.2) is 23.3 Å². The largest absolute Gasteiger partial charge is 0.311 e. The van der Waals surface area contributed by atoms with Crippen molar-refractivity contribution in [3.05, 3.63) is 333 Å². The number of hydrogen-bond acceptors (Lipinski definition) is 7. The Bertz CT molecular complexity index is 5770. The number of aromatic nitrogens is 6. The molecule has 0 atom stereocenters. The first-order valence-electron chi connectivity index (χ1n) is 33.2. The Morgan fingerprint density at radius 2 is 0.773 bits per heavy atom. The maximum Gasteiger partial charge on any atom is 0.252 e. The summed E-state index contributed by atoms with van der Waals surface area (Å²) in [6.07, 6.45) is 0. The number of rotatable bonds is 10. The third kappa shape index (κ3) is 9.11. The molecule has 0 bridgehead atoms. The summed E-state index contributed by atoms with van der Waals surface area (Å²) in [6.45, 7) is 4.75. The zero-order valence-corrected chi connectivity index (χ0v) is 53.3. The van der Waals surface area contributed by atoms with E-state index in [4.69, 9.17) is 24.9 Å². The molecule has 3 aliphatic rings. The number of hydrogen-bond donors (Lipinski definition) is 0. The minimum Gasteiger partial charge on any atom is -0.311 e. The predicted octanol–water partition coefficient (Wildman–Crippen LogP) is 19.8. The van der Waals surface area contributed by atoms with Crippen molar-refractivity contribution in [3.63, 3.8) is 0 Å². The minimum atomic E-state index is -0.232. The molecule has 0 amide bonds. The number of para-hydroxylation sites is 4. The van der Waals surface area contributed by atoms with Gasteiger partial charge in [0, 0.05) is 83.7 Å². The average molecular weight is 1240 g/mol. The molecule has 0 saturated carbocycles. The van der Waals surface area contributed by atoms with Crippen molar-refractivity contribution in [3.8, 4) is 96.0 Å². The summed E-state index contributed by atoms with van der Waals surface area (Å²) < 4.78 is 2.45. The third-order valence-corrected chi connectivity index (χ3v) is 20.0. The SMILES string of the molecule is CC1(C)c2ccccc2-c2cc3c4ccccc4n(-c4ccc(-c5nc(-c6ccccc6)nc(-c6ccccc6)n5)cc4-c4cc(-c5ccccc5)nc(-c5cccc(-c6cccc(N7c8ccccc8B8c9ccccc9N(c9ccccc9)c9cccc7c98)c6)c5)n4)c3cc21. The zero-order valence-electron chi connectivity index (χ0n) is 53.3. The Hall–Kier alpha value is -12.6. The molecule has 13 aromatic carbocycles. The average Bonchev–Trinajstić information content (AvgIpc) is 0.912. The molecule has 2 aliphatic heterocycles. The molecule has 0 spiro atoms. The molecule has 5 heterocycles. The molecule has 9 heteroatoms. The monoisotopic (exact) mass is 1240 g/mol. The van der Waals surface area contributed by atoms with E-state index in [1.165, 1.54) is 60.8 Å². The summed E-state index contributed by atoms with van der Waals surface area (Å²) in [6, 6.07) is 115. The van der Waals surface area contributed by atoms with Crippen molar-refractivity contribution in [2.24, 2.45) is 0 Å². The lowest BCUT2D eigenvalue weighted by Crippen LogP contribution is -2.61. The first-order chi connectivity index (χ1) is 47.9. The predicted molar refractivity (Wildman–Crippen MR) is 399 cm³/mol. The molecule has 454 valence electrons. The Labute approximate surface area is 562 Å². The molecule has 0 N–H and O–H groups in total. The molecule has 3 aromatic heterocycles. The van der Waals surface area contributed by atoms with Crippen molar-refractivity contribution in [2.45, 2.75) is 19.3 Å². The third-order valence-electron chi connectivity index (χ3n) is 20.0. The van der Waals surface area contributed by atoms with Gasteiger partial charge in [-0.25, -0.2) is 24.9 Å². The summed E-state index contributed by atoms with van der Waals surface area (Å²) in [5.41, 5.74) is 27.9. The minimum absolute atomic E-state index is 0.0437. The van der Waals surface area contributed by atoms with E-state index in [0.29, 0.717) is 23.3 Å². The lowest BCUT2D eigenvalue weighted by molar-refractivity contribution is 0.661. The van der Waals surface area contributed by atoms with Gasteiger partial charge in [0.2, 0.25) is 0 Å². The molecule has 1 aliphatic carbocycles. The van der Waals surface area contributed by atoms with Crippen LogP contribution < -0.4 is 26.2 Å².